The number of hydrogen-bond acceptors (Lipinski definition) is 6. The highest BCUT2D eigenvalue weighted by atomic mass is 35.5. The third kappa shape index (κ3) is 6.21. The van der Waals surface area contributed by atoms with Crippen LogP contribution in [-0.4, -0.2) is 40.2 Å². The standard InChI is InChI=1S/C29H31ClN4O5/c1-17-10-18-5-6-20(30)11-23(18)24-13-27(35)34(15-19(24)16-39-17)26(12-22-4-2-3-9-38-22)29(37)33-21-7-8-25(28(31)36)32-14-21/h5-8,11,13-15,17,22,26H,2-4,9-10,12,16H2,1H3,(H2,31,36)(H,33,37)/t17?,22-,26?/m0/s1. The topological polar surface area (TPSA) is 126 Å². The smallest absolute Gasteiger partial charge is 0.267 e. The van der Waals surface area contributed by atoms with E-state index in [0.29, 0.717) is 30.2 Å². The largest absolute Gasteiger partial charge is 0.378 e. The first-order valence-electron chi connectivity index (χ1n) is 13.1. The van der Waals surface area contributed by atoms with E-state index in [-0.39, 0.29) is 36.0 Å². The molecule has 9 nitrogen and oxygen atoms in total. The predicted molar refractivity (Wildman–Crippen MR) is 148 cm³/mol. The van der Waals surface area contributed by atoms with Crippen molar-refractivity contribution in [3.8, 4) is 11.1 Å². The lowest BCUT2D eigenvalue weighted by atomic mass is 9.92. The molecule has 3 atom stereocenters. The van der Waals surface area contributed by atoms with Gasteiger partial charge in [0.1, 0.15) is 11.7 Å². The molecular weight excluding hydrogens is 520 g/mol. The first-order chi connectivity index (χ1) is 18.8. The van der Waals surface area contributed by atoms with Gasteiger partial charge in [-0.05, 0) is 73.6 Å². The number of hydrogen-bond donors (Lipinski definition) is 2. The molecule has 3 aromatic rings. The van der Waals surface area contributed by atoms with Crippen LogP contribution in [0.25, 0.3) is 11.1 Å². The number of carbonyl (C=O) groups is 2. The molecule has 1 aromatic carbocycles. The van der Waals surface area contributed by atoms with E-state index < -0.39 is 11.9 Å². The Morgan fingerprint density at radius 1 is 1.15 bits per heavy atom. The molecule has 1 fully saturated rings. The fraction of sp³-hybridized carbons (Fsp3) is 0.379. The van der Waals surface area contributed by atoms with Gasteiger partial charge < -0.3 is 25.1 Å². The Morgan fingerprint density at radius 3 is 2.69 bits per heavy atom. The van der Waals surface area contributed by atoms with Crippen LogP contribution in [0.3, 0.4) is 0 Å². The lowest BCUT2D eigenvalue weighted by Gasteiger charge is -2.29. The summed E-state index contributed by atoms with van der Waals surface area (Å²) in [6.07, 6.45) is 6.71. The molecule has 1 saturated heterocycles. The molecule has 10 heteroatoms. The number of ether oxygens (including phenoxy) is 2. The normalized spacial score (nSPS) is 19.6. The summed E-state index contributed by atoms with van der Waals surface area (Å²) < 4.78 is 13.5. The lowest BCUT2D eigenvalue weighted by molar-refractivity contribution is -0.121. The summed E-state index contributed by atoms with van der Waals surface area (Å²) in [5, 5.41) is 3.42. The van der Waals surface area contributed by atoms with Gasteiger partial charge in [0.2, 0.25) is 5.91 Å². The maximum atomic E-state index is 13.6. The molecule has 0 spiro atoms. The molecule has 0 radical (unpaired) electrons. The Bertz CT molecular complexity index is 1430. The SMILES string of the molecule is CC1Cc2ccc(Cl)cc2-c2cc(=O)n(C(C[C@@H]3CCCCO3)C(=O)Nc3ccc(C(N)=O)nc3)cc2CO1. The van der Waals surface area contributed by atoms with E-state index in [2.05, 4.69) is 10.3 Å². The number of anilines is 1. The van der Waals surface area contributed by atoms with Crippen LogP contribution < -0.4 is 16.6 Å². The lowest BCUT2D eigenvalue weighted by Crippen LogP contribution is -2.37. The number of nitrogens with one attached hydrogen (secondary N) is 1. The van der Waals surface area contributed by atoms with E-state index in [0.717, 1.165) is 41.5 Å². The number of halogens is 1. The Morgan fingerprint density at radius 2 is 1.97 bits per heavy atom. The van der Waals surface area contributed by atoms with Gasteiger partial charge in [0.15, 0.2) is 0 Å². The van der Waals surface area contributed by atoms with Gasteiger partial charge in [-0.3, -0.25) is 14.4 Å². The van der Waals surface area contributed by atoms with Crippen LogP contribution >= 0.6 is 11.6 Å². The number of pyridine rings is 2. The Labute approximate surface area is 231 Å². The molecule has 204 valence electrons. The minimum atomic E-state index is -0.844. The van der Waals surface area contributed by atoms with Gasteiger partial charge in [-0.25, -0.2) is 4.98 Å². The van der Waals surface area contributed by atoms with E-state index >= 15 is 0 Å². The number of rotatable bonds is 6. The van der Waals surface area contributed by atoms with Crippen molar-refractivity contribution in [2.75, 3.05) is 11.9 Å². The fourth-order valence-electron chi connectivity index (χ4n) is 5.21. The first-order valence-corrected chi connectivity index (χ1v) is 13.5. The number of aromatic nitrogens is 2. The summed E-state index contributed by atoms with van der Waals surface area (Å²) in [7, 11) is 0. The van der Waals surface area contributed by atoms with Crippen LogP contribution in [0.4, 0.5) is 5.69 Å². The summed E-state index contributed by atoms with van der Waals surface area (Å²) >= 11 is 6.34. The first kappa shape index (κ1) is 27.1. The second kappa shape index (κ2) is 11.7. The van der Waals surface area contributed by atoms with Crippen molar-refractivity contribution in [1.82, 2.24) is 9.55 Å². The van der Waals surface area contributed by atoms with E-state index in [1.807, 2.05) is 25.1 Å². The van der Waals surface area contributed by atoms with Gasteiger partial charge in [-0.15, -0.1) is 0 Å². The van der Waals surface area contributed by atoms with Gasteiger partial charge in [0.05, 0.1) is 30.7 Å². The van der Waals surface area contributed by atoms with Gasteiger partial charge in [-0.2, -0.15) is 0 Å². The average Bonchev–Trinajstić information content (AvgIpc) is 2.92. The fourth-order valence-corrected chi connectivity index (χ4v) is 5.38. The Hall–Kier alpha value is -3.53. The maximum absolute atomic E-state index is 13.6. The highest BCUT2D eigenvalue weighted by Crippen LogP contribution is 2.33. The van der Waals surface area contributed by atoms with Gasteiger partial charge >= 0.3 is 0 Å². The number of amides is 2. The summed E-state index contributed by atoms with van der Waals surface area (Å²) in [5.41, 5.74) is 8.92. The molecule has 2 unspecified atom stereocenters. The van der Waals surface area contributed by atoms with E-state index in [1.165, 1.54) is 16.8 Å². The third-order valence-electron chi connectivity index (χ3n) is 7.24. The van der Waals surface area contributed by atoms with Crippen molar-refractivity contribution >= 4 is 29.1 Å². The second-order valence-electron chi connectivity index (χ2n) is 10.1. The van der Waals surface area contributed by atoms with Crippen LogP contribution in [0.2, 0.25) is 5.02 Å². The van der Waals surface area contributed by atoms with Crippen molar-refractivity contribution in [1.29, 1.82) is 0 Å². The number of nitrogens with two attached hydrogens (primary N) is 1. The van der Waals surface area contributed by atoms with Crippen molar-refractivity contribution in [2.24, 2.45) is 5.73 Å². The average molecular weight is 551 g/mol. The van der Waals surface area contributed by atoms with Crippen molar-refractivity contribution in [3.63, 3.8) is 0 Å². The van der Waals surface area contributed by atoms with E-state index in [9.17, 15) is 14.4 Å². The predicted octanol–water partition coefficient (Wildman–Crippen LogP) is 4.26. The van der Waals surface area contributed by atoms with Crippen LogP contribution in [0, 0.1) is 0 Å². The molecule has 5 rings (SSSR count). The van der Waals surface area contributed by atoms with Crippen LogP contribution in [0.1, 0.15) is 60.3 Å². The maximum Gasteiger partial charge on any atom is 0.267 e. The molecule has 0 bridgehead atoms. The van der Waals surface area contributed by atoms with Crippen molar-refractivity contribution < 1.29 is 19.1 Å². The summed E-state index contributed by atoms with van der Waals surface area (Å²) in [4.78, 5) is 42.6. The molecule has 2 aliphatic heterocycles. The molecule has 3 N–H and O–H groups in total. The monoisotopic (exact) mass is 550 g/mol. The Balaban J connectivity index is 1.53. The molecule has 2 amide bonds. The number of benzene rings is 1. The molecule has 2 aliphatic rings. The minimum absolute atomic E-state index is 0.0379. The van der Waals surface area contributed by atoms with Crippen LogP contribution in [0.15, 0.2) is 53.6 Å². The van der Waals surface area contributed by atoms with Crippen LogP contribution in [0.5, 0.6) is 0 Å². The van der Waals surface area contributed by atoms with Gasteiger partial charge in [0.25, 0.3) is 11.5 Å². The number of fused-ring (bicyclic) bond motifs is 3. The Kier molecular flexibility index (Phi) is 8.11. The third-order valence-corrected chi connectivity index (χ3v) is 7.47. The van der Waals surface area contributed by atoms with E-state index in [4.69, 9.17) is 26.8 Å². The molecule has 4 heterocycles. The zero-order valence-corrected chi connectivity index (χ0v) is 22.4. The summed E-state index contributed by atoms with van der Waals surface area (Å²) in [5.74, 6) is -1.05. The highest BCUT2D eigenvalue weighted by molar-refractivity contribution is 6.30. The number of nitrogens with zero attached hydrogens (tertiary/aromatic N) is 2. The van der Waals surface area contributed by atoms with Gasteiger partial charge in [0, 0.05) is 35.9 Å². The van der Waals surface area contributed by atoms with Crippen LogP contribution in [-0.2, 0) is 27.3 Å². The zero-order chi connectivity index (χ0) is 27.5. The number of primary amides is 1. The molecular formula is C29H31ClN4O5. The highest BCUT2D eigenvalue weighted by Gasteiger charge is 2.29. The van der Waals surface area contributed by atoms with Crippen molar-refractivity contribution in [2.45, 2.75) is 63.9 Å². The summed E-state index contributed by atoms with van der Waals surface area (Å²) in [6.45, 7) is 2.92. The molecule has 39 heavy (non-hydrogen) atoms. The molecule has 0 saturated carbocycles. The molecule has 0 aliphatic carbocycles. The zero-order valence-electron chi connectivity index (χ0n) is 21.7. The minimum Gasteiger partial charge on any atom is -0.378 e. The van der Waals surface area contributed by atoms with Gasteiger partial charge in [-0.1, -0.05) is 17.7 Å². The molecule has 2 aromatic heterocycles. The van der Waals surface area contributed by atoms with E-state index in [1.54, 1.807) is 18.3 Å². The number of carbonyl (C=O) groups excluding carboxylic acids is 2. The second-order valence-corrected chi connectivity index (χ2v) is 10.5. The van der Waals surface area contributed by atoms with Crippen molar-refractivity contribution in [3.05, 3.63) is 81.0 Å². The summed E-state index contributed by atoms with van der Waals surface area (Å²) in [6, 6.07) is 9.39. The quantitative estimate of drug-likeness (QED) is 0.472.